The van der Waals surface area contributed by atoms with Gasteiger partial charge in [-0.1, -0.05) is 18.2 Å². The van der Waals surface area contributed by atoms with Gasteiger partial charge in [-0.3, -0.25) is 9.59 Å². The standard InChI is InChI=1S/C18H20N2O5/c1-24-14-5-3-2-4-13(14)18(6-7-18)16(22)19-8-12(9-19)10-20-15(21)11-25-17(20)23/h2-5,12H,6-11H2,1H3. The lowest BCUT2D eigenvalue weighted by Crippen LogP contribution is -2.56. The number of hydrogen-bond donors (Lipinski definition) is 0. The van der Waals surface area contributed by atoms with Crippen LogP contribution in [0.15, 0.2) is 24.3 Å². The Morgan fingerprint density at radius 3 is 2.60 bits per heavy atom. The van der Waals surface area contributed by atoms with Gasteiger partial charge in [0.25, 0.3) is 5.91 Å². The average molecular weight is 344 g/mol. The molecule has 4 rings (SSSR count). The van der Waals surface area contributed by atoms with Crippen molar-refractivity contribution in [3.8, 4) is 5.75 Å². The number of imide groups is 1. The third-order valence-corrected chi connectivity index (χ3v) is 5.31. The van der Waals surface area contributed by atoms with Crippen LogP contribution in [-0.4, -0.2) is 61.1 Å². The molecule has 25 heavy (non-hydrogen) atoms. The number of likely N-dealkylation sites (tertiary alicyclic amines) is 1. The first-order valence-corrected chi connectivity index (χ1v) is 8.45. The highest BCUT2D eigenvalue weighted by Crippen LogP contribution is 2.53. The van der Waals surface area contributed by atoms with E-state index >= 15 is 0 Å². The highest BCUT2D eigenvalue weighted by atomic mass is 16.6. The van der Waals surface area contributed by atoms with Crippen molar-refractivity contribution in [1.82, 2.24) is 9.80 Å². The summed E-state index contributed by atoms with van der Waals surface area (Å²) in [5.41, 5.74) is 0.476. The van der Waals surface area contributed by atoms with Crippen LogP contribution in [0.2, 0.25) is 0 Å². The van der Waals surface area contributed by atoms with E-state index in [1.807, 2.05) is 29.2 Å². The lowest BCUT2D eigenvalue weighted by Gasteiger charge is -2.42. The van der Waals surface area contributed by atoms with Gasteiger partial charge < -0.3 is 14.4 Å². The molecule has 2 saturated heterocycles. The number of ether oxygens (including phenoxy) is 2. The van der Waals surface area contributed by atoms with Gasteiger partial charge in [0.1, 0.15) is 5.75 Å². The lowest BCUT2D eigenvalue weighted by atomic mass is 9.90. The van der Waals surface area contributed by atoms with E-state index in [0.717, 1.165) is 29.1 Å². The molecule has 0 radical (unpaired) electrons. The summed E-state index contributed by atoms with van der Waals surface area (Å²) < 4.78 is 10.1. The van der Waals surface area contributed by atoms with Crippen LogP contribution >= 0.6 is 0 Å². The van der Waals surface area contributed by atoms with Crippen LogP contribution in [0.4, 0.5) is 4.79 Å². The van der Waals surface area contributed by atoms with Crippen molar-refractivity contribution in [3.63, 3.8) is 0 Å². The van der Waals surface area contributed by atoms with E-state index in [2.05, 4.69) is 0 Å². The predicted octanol–water partition coefficient (Wildman–Crippen LogP) is 1.16. The van der Waals surface area contributed by atoms with Gasteiger partial charge in [0.05, 0.1) is 12.5 Å². The molecule has 1 aromatic rings. The molecule has 3 fully saturated rings. The molecule has 0 spiro atoms. The number of rotatable bonds is 5. The molecular formula is C18H20N2O5. The lowest BCUT2D eigenvalue weighted by molar-refractivity contribution is -0.141. The fourth-order valence-electron chi connectivity index (χ4n) is 3.73. The molecule has 7 nitrogen and oxygen atoms in total. The van der Waals surface area contributed by atoms with Gasteiger partial charge in [0.2, 0.25) is 5.91 Å². The van der Waals surface area contributed by atoms with E-state index in [4.69, 9.17) is 9.47 Å². The van der Waals surface area contributed by atoms with E-state index in [0.29, 0.717) is 19.6 Å². The first-order valence-electron chi connectivity index (χ1n) is 8.45. The average Bonchev–Trinajstić information content (AvgIpc) is 3.33. The second-order valence-electron chi connectivity index (χ2n) is 6.92. The minimum atomic E-state index is -0.581. The summed E-state index contributed by atoms with van der Waals surface area (Å²) in [7, 11) is 1.62. The fraction of sp³-hybridized carbons (Fsp3) is 0.500. The van der Waals surface area contributed by atoms with E-state index in [1.165, 1.54) is 0 Å². The van der Waals surface area contributed by atoms with Crippen LogP contribution in [0, 0.1) is 5.92 Å². The topological polar surface area (TPSA) is 76.2 Å². The van der Waals surface area contributed by atoms with Gasteiger partial charge in [0, 0.05) is 31.1 Å². The number of carbonyl (C=O) groups excluding carboxylic acids is 3. The number of methoxy groups -OCH3 is 1. The third-order valence-electron chi connectivity index (χ3n) is 5.31. The van der Waals surface area contributed by atoms with E-state index in [1.54, 1.807) is 7.11 Å². The molecule has 2 heterocycles. The molecule has 0 atom stereocenters. The molecule has 7 heteroatoms. The van der Waals surface area contributed by atoms with Crippen molar-refractivity contribution in [1.29, 1.82) is 0 Å². The Morgan fingerprint density at radius 2 is 2.00 bits per heavy atom. The number of para-hydroxylation sites is 1. The molecule has 3 aliphatic rings. The molecule has 3 amide bonds. The maximum atomic E-state index is 13.0. The minimum absolute atomic E-state index is 0.114. The highest BCUT2D eigenvalue weighted by Gasteiger charge is 2.56. The summed E-state index contributed by atoms with van der Waals surface area (Å²) in [4.78, 5) is 39.0. The zero-order valence-electron chi connectivity index (χ0n) is 14.1. The maximum Gasteiger partial charge on any atom is 0.417 e. The number of benzene rings is 1. The molecule has 0 unspecified atom stereocenters. The zero-order valence-corrected chi connectivity index (χ0v) is 14.1. The molecule has 1 aliphatic carbocycles. The Labute approximate surface area is 145 Å². The SMILES string of the molecule is COc1ccccc1C1(C(=O)N2CC(CN3C(=O)COC3=O)C2)CC1. The van der Waals surface area contributed by atoms with Crippen molar-refractivity contribution in [2.75, 3.05) is 33.4 Å². The van der Waals surface area contributed by atoms with E-state index in [9.17, 15) is 14.4 Å². The summed E-state index contributed by atoms with van der Waals surface area (Å²) in [5, 5.41) is 0. The van der Waals surface area contributed by atoms with Gasteiger partial charge in [0.15, 0.2) is 6.61 Å². The Morgan fingerprint density at radius 1 is 1.28 bits per heavy atom. The number of amides is 3. The van der Waals surface area contributed by atoms with Crippen LogP contribution in [0.5, 0.6) is 5.75 Å². The molecule has 132 valence electrons. The van der Waals surface area contributed by atoms with Crippen LogP contribution in [-0.2, 0) is 19.7 Å². The Kier molecular flexibility index (Phi) is 3.67. The van der Waals surface area contributed by atoms with Gasteiger partial charge in [-0.25, -0.2) is 9.69 Å². The molecule has 2 aliphatic heterocycles. The summed E-state index contributed by atoms with van der Waals surface area (Å²) in [5.74, 6) is 0.675. The molecule has 0 aromatic heterocycles. The minimum Gasteiger partial charge on any atom is -0.496 e. The Bertz CT molecular complexity index is 721. The summed E-state index contributed by atoms with van der Waals surface area (Å²) in [6.07, 6.45) is 1.07. The first kappa shape index (κ1) is 15.9. The van der Waals surface area contributed by atoms with Crippen molar-refractivity contribution in [3.05, 3.63) is 29.8 Å². The summed E-state index contributed by atoms with van der Waals surface area (Å²) in [6.45, 7) is 1.27. The smallest absolute Gasteiger partial charge is 0.417 e. The molecule has 0 bridgehead atoms. The second kappa shape index (κ2) is 5.75. The first-order chi connectivity index (χ1) is 12.0. The summed E-state index contributed by atoms with van der Waals surface area (Å²) >= 11 is 0. The van der Waals surface area contributed by atoms with Crippen LogP contribution in [0.1, 0.15) is 18.4 Å². The number of hydrogen-bond acceptors (Lipinski definition) is 5. The van der Waals surface area contributed by atoms with E-state index in [-0.39, 0.29) is 24.3 Å². The normalized spacial score (nSPS) is 21.8. The zero-order chi connectivity index (χ0) is 17.6. The van der Waals surface area contributed by atoms with Gasteiger partial charge in [-0.15, -0.1) is 0 Å². The van der Waals surface area contributed by atoms with E-state index < -0.39 is 11.5 Å². The van der Waals surface area contributed by atoms with Gasteiger partial charge in [-0.05, 0) is 18.9 Å². The van der Waals surface area contributed by atoms with Gasteiger partial charge in [-0.2, -0.15) is 0 Å². The Hall–Kier alpha value is -2.57. The number of carbonyl (C=O) groups is 3. The predicted molar refractivity (Wildman–Crippen MR) is 87.0 cm³/mol. The fourth-order valence-corrected chi connectivity index (χ4v) is 3.73. The third kappa shape index (κ3) is 2.54. The van der Waals surface area contributed by atoms with Crippen molar-refractivity contribution in [2.24, 2.45) is 5.92 Å². The monoisotopic (exact) mass is 344 g/mol. The summed E-state index contributed by atoms with van der Waals surface area (Å²) in [6, 6.07) is 7.66. The van der Waals surface area contributed by atoms with Crippen molar-refractivity contribution >= 4 is 17.9 Å². The highest BCUT2D eigenvalue weighted by molar-refractivity contribution is 5.98. The molecular weight excluding hydrogens is 324 g/mol. The number of cyclic esters (lactones) is 1. The second-order valence-corrected chi connectivity index (χ2v) is 6.92. The molecule has 0 N–H and O–H groups in total. The number of nitrogens with zero attached hydrogens (tertiary/aromatic N) is 2. The van der Waals surface area contributed by atoms with Crippen molar-refractivity contribution in [2.45, 2.75) is 18.3 Å². The maximum absolute atomic E-state index is 13.0. The van der Waals surface area contributed by atoms with Gasteiger partial charge >= 0.3 is 6.09 Å². The quantitative estimate of drug-likeness (QED) is 0.801. The molecule has 1 aromatic carbocycles. The largest absolute Gasteiger partial charge is 0.496 e. The molecule has 1 saturated carbocycles. The van der Waals surface area contributed by atoms with Crippen LogP contribution in [0.25, 0.3) is 0 Å². The van der Waals surface area contributed by atoms with Crippen molar-refractivity contribution < 1.29 is 23.9 Å². The Balaban J connectivity index is 1.40. The van der Waals surface area contributed by atoms with Crippen LogP contribution in [0.3, 0.4) is 0 Å². The van der Waals surface area contributed by atoms with Crippen LogP contribution < -0.4 is 4.74 Å².